The molecular formula is C46H31N5S. The number of aromatic nitrogens is 3. The van der Waals surface area contributed by atoms with E-state index in [1.807, 2.05) is 72.4 Å². The molecule has 0 amide bonds. The third-order valence-corrected chi connectivity index (χ3v) is 10.8. The van der Waals surface area contributed by atoms with Gasteiger partial charge < -0.3 is 9.80 Å². The van der Waals surface area contributed by atoms with E-state index in [1.54, 1.807) is 0 Å². The Morgan fingerprint density at radius 1 is 0.442 bits per heavy atom. The van der Waals surface area contributed by atoms with Crippen LogP contribution in [-0.4, -0.2) is 15.0 Å². The highest BCUT2D eigenvalue weighted by Crippen LogP contribution is 2.56. The van der Waals surface area contributed by atoms with Crippen molar-refractivity contribution in [3.8, 4) is 34.2 Å². The van der Waals surface area contributed by atoms with Crippen LogP contribution in [0.3, 0.4) is 0 Å². The van der Waals surface area contributed by atoms with E-state index in [1.165, 1.54) is 43.7 Å². The summed E-state index contributed by atoms with van der Waals surface area (Å²) in [5, 5.41) is 0. The van der Waals surface area contributed by atoms with Crippen molar-refractivity contribution in [3.63, 3.8) is 0 Å². The Morgan fingerprint density at radius 3 is 1.67 bits per heavy atom. The van der Waals surface area contributed by atoms with Crippen LogP contribution in [0.1, 0.15) is 12.0 Å². The molecule has 0 saturated carbocycles. The molecule has 10 rings (SSSR count). The predicted octanol–water partition coefficient (Wildman–Crippen LogP) is 12.2. The second kappa shape index (κ2) is 12.7. The fourth-order valence-corrected chi connectivity index (χ4v) is 8.31. The van der Waals surface area contributed by atoms with Crippen molar-refractivity contribution in [1.29, 1.82) is 0 Å². The molecule has 2 aliphatic heterocycles. The minimum Gasteiger partial charge on any atom is -0.313 e. The van der Waals surface area contributed by atoms with Crippen molar-refractivity contribution in [3.05, 3.63) is 187 Å². The molecule has 2 bridgehead atoms. The van der Waals surface area contributed by atoms with Gasteiger partial charge in [0.1, 0.15) is 0 Å². The minimum absolute atomic E-state index is 0.644. The summed E-state index contributed by atoms with van der Waals surface area (Å²) in [6, 6.07) is 53.0. The van der Waals surface area contributed by atoms with E-state index in [0.29, 0.717) is 17.5 Å². The maximum absolute atomic E-state index is 4.97. The van der Waals surface area contributed by atoms with Gasteiger partial charge in [0.15, 0.2) is 17.5 Å². The number of para-hydroxylation sites is 2. The Morgan fingerprint density at radius 2 is 1.00 bits per heavy atom. The van der Waals surface area contributed by atoms with Crippen molar-refractivity contribution < 1.29 is 0 Å². The number of benzene rings is 6. The molecule has 7 aromatic rings. The standard InChI is InChI=1S/C46H31N5S/c1-4-14-31(15-5-1)44-47-45(32-16-6-2-7-17-32)49-46(48-44)33-24-26-36(27-25-33)50-37-21-11-10-18-34(28-37)38-29-41-43(30-40(38)50)52-42-23-13-12-22-39(42)51(41)35-19-8-3-9-20-35/h1-27,29-30H,28H2. The van der Waals surface area contributed by atoms with Crippen LogP contribution < -0.4 is 9.80 Å². The van der Waals surface area contributed by atoms with E-state index in [-0.39, 0.29) is 0 Å². The first-order valence-corrected chi connectivity index (χ1v) is 18.2. The van der Waals surface area contributed by atoms with E-state index in [2.05, 4.69) is 125 Å². The molecule has 0 saturated heterocycles. The Hall–Kier alpha value is -6.50. The normalized spacial score (nSPS) is 14.1. The highest BCUT2D eigenvalue weighted by atomic mass is 32.2. The fraction of sp³-hybridized carbons (Fsp3) is 0.0217. The fourth-order valence-electron chi connectivity index (χ4n) is 7.23. The smallest absolute Gasteiger partial charge is 0.164 e. The highest BCUT2D eigenvalue weighted by Gasteiger charge is 2.32. The van der Waals surface area contributed by atoms with Gasteiger partial charge in [-0.1, -0.05) is 121 Å². The van der Waals surface area contributed by atoms with Crippen molar-refractivity contribution in [2.24, 2.45) is 0 Å². The summed E-state index contributed by atoms with van der Waals surface area (Å²) in [5.74, 6) is 1.95. The predicted molar refractivity (Wildman–Crippen MR) is 213 cm³/mol. The van der Waals surface area contributed by atoms with Crippen LogP contribution in [0.4, 0.5) is 28.4 Å². The Balaban J connectivity index is 1.09. The van der Waals surface area contributed by atoms with Gasteiger partial charge in [-0.2, -0.15) is 0 Å². The van der Waals surface area contributed by atoms with Crippen LogP contribution in [0.15, 0.2) is 191 Å². The molecular weight excluding hydrogens is 655 g/mol. The molecule has 246 valence electrons. The average molecular weight is 686 g/mol. The van der Waals surface area contributed by atoms with E-state index in [4.69, 9.17) is 15.0 Å². The lowest BCUT2D eigenvalue weighted by atomic mass is 9.92. The number of fused-ring (bicyclic) bond motifs is 6. The summed E-state index contributed by atoms with van der Waals surface area (Å²) in [5.41, 5.74) is 12.5. The summed E-state index contributed by atoms with van der Waals surface area (Å²) in [6.07, 6.45) is 9.65. The van der Waals surface area contributed by atoms with E-state index >= 15 is 0 Å². The van der Waals surface area contributed by atoms with Gasteiger partial charge in [0.2, 0.25) is 0 Å². The Labute approximate surface area is 307 Å². The number of hydrogen-bond donors (Lipinski definition) is 0. The van der Waals surface area contributed by atoms with Gasteiger partial charge in [0.25, 0.3) is 0 Å². The lowest BCUT2D eigenvalue weighted by molar-refractivity contribution is 1.04. The summed E-state index contributed by atoms with van der Waals surface area (Å²) >= 11 is 1.84. The summed E-state index contributed by atoms with van der Waals surface area (Å²) in [7, 11) is 0. The first-order valence-electron chi connectivity index (χ1n) is 17.4. The van der Waals surface area contributed by atoms with Crippen LogP contribution in [0, 0.1) is 0 Å². The lowest BCUT2D eigenvalue weighted by Gasteiger charge is -2.38. The molecule has 3 aliphatic rings. The summed E-state index contributed by atoms with van der Waals surface area (Å²) in [6.45, 7) is 0. The van der Waals surface area contributed by atoms with Crippen LogP contribution in [0.25, 0.3) is 39.7 Å². The zero-order chi connectivity index (χ0) is 34.4. The molecule has 1 aromatic heterocycles. The Bertz CT molecular complexity index is 2500. The van der Waals surface area contributed by atoms with Crippen LogP contribution in [0.2, 0.25) is 0 Å². The second-order valence-corrected chi connectivity index (χ2v) is 14.0. The Kier molecular flexibility index (Phi) is 7.40. The number of allylic oxidation sites excluding steroid dienone is 5. The lowest BCUT2D eigenvalue weighted by Crippen LogP contribution is -2.23. The van der Waals surface area contributed by atoms with Gasteiger partial charge in [-0.15, -0.1) is 0 Å². The topological polar surface area (TPSA) is 45.2 Å². The van der Waals surface area contributed by atoms with Gasteiger partial charge in [0.05, 0.1) is 17.1 Å². The quantitative estimate of drug-likeness (QED) is 0.180. The van der Waals surface area contributed by atoms with E-state index in [0.717, 1.165) is 34.5 Å². The SMILES string of the molecule is C1=CC=C2CC(=C1)c1cc3c(cc1N2c1ccc(-c2nc(-c4ccccc4)nc(-c4ccccc4)n2)cc1)Sc1ccccc1N3c1ccccc1. The van der Waals surface area contributed by atoms with Crippen molar-refractivity contribution in [1.82, 2.24) is 15.0 Å². The van der Waals surface area contributed by atoms with E-state index < -0.39 is 0 Å². The molecule has 5 nitrogen and oxygen atoms in total. The number of anilines is 5. The molecule has 6 heteroatoms. The van der Waals surface area contributed by atoms with Gasteiger partial charge in [-0.25, -0.2) is 15.0 Å². The minimum atomic E-state index is 0.644. The molecule has 0 fully saturated rings. The van der Waals surface area contributed by atoms with Gasteiger partial charge in [-0.05, 0) is 72.3 Å². The van der Waals surface area contributed by atoms with Gasteiger partial charge in [0, 0.05) is 55.5 Å². The van der Waals surface area contributed by atoms with E-state index in [9.17, 15) is 0 Å². The maximum Gasteiger partial charge on any atom is 0.164 e. The zero-order valence-corrected chi connectivity index (χ0v) is 28.9. The van der Waals surface area contributed by atoms with Crippen LogP contribution in [0.5, 0.6) is 0 Å². The maximum atomic E-state index is 4.97. The number of hydrogen-bond acceptors (Lipinski definition) is 6. The first kappa shape index (κ1) is 30.3. The third-order valence-electron chi connectivity index (χ3n) is 9.68. The third kappa shape index (κ3) is 5.32. The molecule has 0 N–H and O–H groups in total. The molecule has 0 atom stereocenters. The highest BCUT2D eigenvalue weighted by molar-refractivity contribution is 7.99. The zero-order valence-electron chi connectivity index (χ0n) is 28.1. The number of rotatable bonds is 5. The van der Waals surface area contributed by atoms with Crippen LogP contribution >= 0.6 is 11.8 Å². The molecule has 1 aliphatic carbocycles. The molecule has 0 spiro atoms. The van der Waals surface area contributed by atoms with Crippen molar-refractivity contribution in [2.45, 2.75) is 16.2 Å². The molecule has 3 heterocycles. The molecule has 6 aromatic carbocycles. The van der Waals surface area contributed by atoms with Crippen LogP contribution in [-0.2, 0) is 0 Å². The second-order valence-electron chi connectivity index (χ2n) is 12.9. The largest absolute Gasteiger partial charge is 0.313 e. The molecule has 52 heavy (non-hydrogen) atoms. The van der Waals surface area contributed by atoms with Crippen molar-refractivity contribution >= 4 is 45.8 Å². The molecule has 0 radical (unpaired) electrons. The summed E-state index contributed by atoms with van der Waals surface area (Å²) < 4.78 is 0. The van der Waals surface area contributed by atoms with Gasteiger partial charge >= 0.3 is 0 Å². The number of nitrogens with zero attached hydrogens (tertiary/aromatic N) is 5. The first-order chi connectivity index (χ1) is 25.8. The van der Waals surface area contributed by atoms with Crippen molar-refractivity contribution in [2.75, 3.05) is 9.80 Å². The summed E-state index contributed by atoms with van der Waals surface area (Å²) in [4.78, 5) is 22.1. The average Bonchev–Trinajstić information content (AvgIpc) is 3.43. The van der Waals surface area contributed by atoms with Gasteiger partial charge in [-0.3, -0.25) is 0 Å². The monoisotopic (exact) mass is 685 g/mol. The molecule has 0 unspecified atom stereocenters.